The molecule has 2 aromatic rings. The summed E-state index contributed by atoms with van der Waals surface area (Å²) in [5, 5.41) is 13.3. The van der Waals surface area contributed by atoms with Crippen LogP contribution in [-0.4, -0.2) is 15.8 Å². The SMILES string of the molecule is O=C(Nc1ccccc1[N+](=O)[O-])c1cc(Br)c[nH]1. The van der Waals surface area contributed by atoms with Crippen molar-refractivity contribution in [2.45, 2.75) is 0 Å². The van der Waals surface area contributed by atoms with Gasteiger partial charge in [-0.2, -0.15) is 0 Å². The smallest absolute Gasteiger partial charge is 0.292 e. The van der Waals surface area contributed by atoms with Crippen molar-refractivity contribution in [3.63, 3.8) is 0 Å². The molecule has 0 saturated carbocycles. The van der Waals surface area contributed by atoms with E-state index in [4.69, 9.17) is 0 Å². The van der Waals surface area contributed by atoms with Crippen LogP contribution in [0.2, 0.25) is 0 Å². The normalized spacial score (nSPS) is 10.1. The predicted octanol–water partition coefficient (Wildman–Crippen LogP) is 2.94. The number of nitro groups is 1. The second-order valence-corrected chi connectivity index (χ2v) is 4.38. The van der Waals surface area contributed by atoms with E-state index in [0.29, 0.717) is 5.69 Å². The molecule has 0 radical (unpaired) electrons. The number of nitrogens with one attached hydrogen (secondary N) is 2. The predicted molar refractivity (Wildman–Crippen MR) is 69.5 cm³/mol. The first-order chi connectivity index (χ1) is 8.58. The number of benzene rings is 1. The van der Waals surface area contributed by atoms with Crippen LogP contribution in [0.15, 0.2) is 41.0 Å². The Hall–Kier alpha value is -2.15. The summed E-state index contributed by atoms with van der Waals surface area (Å²) in [6.45, 7) is 0. The van der Waals surface area contributed by atoms with Crippen molar-refractivity contribution in [2.24, 2.45) is 0 Å². The quantitative estimate of drug-likeness (QED) is 0.675. The van der Waals surface area contributed by atoms with Gasteiger partial charge in [-0.1, -0.05) is 12.1 Å². The van der Waals surface area contributed by atoms with Gasteiger partial charge in [-0.3, -0.25) is 14.9 Å². The number of anilines is 1. The number of para-hydroxylation sites is 2. The van der Waals surface area contributed by atoms with Crippen molar-refractivity contribution >= 4 is 33.2 Å². The van der Waals surface area contributed by atoms with Crippen molar-refractivity contribution in [2.75, 3.05) is 5.32 Å². The zero-order valence-electron chi connectivity index (χ0n) is 9.01. The summed E-state index contributed by atoms with van der Waals surface area (Å²) >= 11 is 3.20. The zero-order valence-corrected chi connectivity index (χ0v) is 10.6. The zero-order chi connectivity index (χ0) is 13.1. The van der Waals surface area contributed by atoms with E-state index in [2.05, 4.69) is 26.2 Å². The van der Waals surface area contributed by atoms with Gasteiger partial charge in [0.2, 0.25) is 0 Å². The molecule has 2 rings (SSSR count). The summed E-state index contributed by atoms with van der Waals surface area (Å²) < 4.78 is 0.732. The molecule has 2 N–H and O–H groups in total. The second-order valence-electron chi connectivity index (χ2n) is 3.46. The lowest BCUT2D eigenvalue weighted by Crippen LogP contribution is -2.13. The molecule has 6 nitrogen and oxygen atoms in total. The van der Waals surface area contributed by atoms with E-state index in [9.17, 15) is 14.9 Å². The highest BCUT2D eigenvalue weighted by atomic mass is 79.9. The Morgan fingerprint density at radius 3 is 2.72 bits per heavy atom. The van der Waals surface area contributed by atoms with Crippen molar-refractivity contribution in [3.8, 4) is 0 Å². The minimum absolute atomic E-state index is 0.142. The molecular formula is C11H8BrN3O3. The first kappa shape index (κ1) is 12.3. The highest BCUT2D eigenvalue weighted by molar-refractivity contribution is 9.10. The van der Waals surface area contributed by atoms with Gasteiger partial charge in [-0.05, 0) is 28.1 Å². The van der Waals surface area contributed by atoms with Crippen LogP contribution in [0, 0.1) is 10.1 Å². The van der Waals surface area contributed by atoms with Crippen LogP contribution in [0.25, 0.3) is 0 Å². The maximum Gasteiger partial charge on any atom is 0.292 e. The molecule has 0 aliphatic rings. The monoisotopic (exact) mass is 309 g/mol. The molecule has 1 amide bonds. The van der Waals surface area contributed by atoms with Gasteiger partial charge >= 0.3 is 0 Å². The third-order valence-corrected chi connectivity index (χ3v) is 2.70. The number of aromatic nitrogens is 1. The van der Waals surface area contributed by atoms with Crippen LogP contribution >= 0.6 is 15.9 Å². The highest BCUT2D eigenvalue weighted by Crippen LogP contribution is 2.23. The van der Waals surface area contributed by atoms with Crippen LogP contribution in [0.4, 0.5) is 11.4 Å². The molecule has 92 valence electrons. The van der Waals surface area contributed by atoms with Crippen molar-refractivity contribution < 1.29 is 9.72 Å². The molecule has 0 aliphatic heterocycles. The number of hydrogen-bond donors (Lipinski definition) is 2. The van der Waals surface area contributed by atoms with E-state index in [1.165, 1.54) is 12.1 Å². The number of nitro benzene ring substituents is 1. The summed E-state index contributed by atoms with van der Waals surface area (Å²) in [5.74, 6) is -0.435. The second kappa shape index (κ2) is 5.01. The van der Waals surface area contributed by atoms with Gasteiger partial charge in [0.05, 0.1) is 4.92 Å². The Balaban J connectivity index is 2.24. The van der Waals surface area contributed by atoms with E-state index in [0.717, 1.165) is 4.47 Å². The summed E-state index contributed by atoms with van der Waals surface area (Å²) in [4.78, 5) is 24.8. The van der Waals surface area contributed by atoms with E-state index >= 15 is 0 Å². The number of amides is 1. The lowest BCUT2D eigenvalue weighted by atomic mass is 10.2. The van der Waals surface area contributed by atoms with E-state index in [1.807, 2.05) is 0 Å². The van der Waals surface area contributed by atoms with Crippen molar-refractivity contribution in [1.82, 2.24) is 4.98 Å². The minimum atomic E-state index is -0.541. The summed E-state index contributed by atoms with van der Waals surface area (Å²) in [5.41, 5.74) is 0.342. The fraction of sp³-hybridized carbons (Fsp3) is 0. The van der Waals surface area contributed by atoms with Gasteiger partial charge in [0, 0.05) is 16.7 Å². The van der Waals surface area contributed by atoms with Gasteiger partial charge in [-0.25, -0.2) is 0 Å². The van der Waals surface area contributed by atoms with Gasteiger partial charge in [0.1, 0.15) is 11.4 Å². The molecule has 0 aliphatic carbocycles. The average Bonchev–Trinajstić information content (AvgIpc) is 2.76. The Morgan fingerprint density at radius 2 is 2.11 bits per heavy atom. The maximum absolute atomic E-state index is 11.8. The molecule has 0 fully saturated rings. The molecule has 0 atom stereocenters. The Labute approximate surface area is 110 Å². The van der Waals surface area contributed by atoms with E-state index in [-0.39, 0.29) is 11.4 Å². The molecule has 18 heavy (non-hydrogen) atoms. The fourth-order valence-electron chi connectivity index (χ4n) is 1.43. The molecule has 0 bridgehead atoms. The van der Waals surface area contributed by atoms with Crippen LogP contribution in [0.3, 0.4) is 0 Å². The Bertz CT molecular complexity index is 609. The first-order valence-electron chi connectivity index (χ1n) is 4.96. The van der Waals surface area contributed by atoms with Crippen LogP contribution in [0.1, 0.15) is 10.5 Å². The van der Waals surface area contributed by atoms with E-state index in [1.54, 1.807) is 24.4 Å². The largest absolute Gasteiger partial charge is 0.356 e. The van der Waals surface area contributed by atoms with Gasteiger partial charge in [0.25, 0.3) is 11.6 Å². The number of carbonyl (C=O) groups is 1. The number of carbonyl (C=O) groups excluding carboxylic acids is 1. The molecule has 0 saturated heterocycles. The first-order valence-corrected chi connectivity index (χ1v) is 5.76. The number of aromatic amines is 1. The summed E-state index contributed by atoms with van der Waals surface area (Å²) in [7, 11) is 0. The Morgan fingerprint density at radius 1 is 1.39 bits per heavy atom. The lowest BCUT2D eigenvalue weighted by Gasteiger charge is -2.04. The topological polar surface area (TPSA) is 88.0 Å². The third-order valence-electron chi connectivity index (χ3n) is 2.24. The van der Waals surface area contributed by atoms with Crippen LogP contribution in [-0.2, 0) is 0 Å². The maximum atomic E-state index is 11.8. The van der Waals surface area contributed by atoms with E-state index < -0.39 is 10.8 Å². The molecule has 1 aromatic carbocycles. The Kier molecular flexibility index (Phi) is 3.42. The molecule has 7 heteroatoms. The van der Waals surface area contributed by atoms with Gasteiger partial charge < -0.3 is 10.3 Å². The fourth-order valence-corrected chi connectivity index (χ4v) is 1.77. The number of nitrogens with zero attached hydrogens (tertiary/aromatic N) is 1. The van der Waals surface area contributed by atoms with Crippen molar-refractivity contribution in [3.05, 3.63) is 56.8 Å². The molecule has 0 unspecified atom stereocenters. The van der Waals surface area contributed by atoms with Gasteiger partial charge in [0.15, 0.2) is 0 Å². The third kappa shape index (κ3) is 2.57. The van der Waals surface area contributed by atoms with Crippen molar-refractivity contribution in [1.29, 1.82) is 0 Å². The van der Waals surface area contributed by atoms with Gasteiger partial charge in [-0.15, -0.1) is 0 Å². The van der Waals surface area contributed by atoms with Crippen LogP contribution in [0.5, 0.6) is 0 Å². The molecule has 0 spiro atoms. The number of rotatable bonds is 3. The average molecular weight is 310 g/mol. The summed E-state index contributed by atoms with van der Waals surface area (Å²) in [6, 6.07) is 7.56. The van der Waals surface area contributed by atoms with Crippen LogP contribution < -0.4 is 5.32 Å². The molecule has 1 heterocycles. The minimum Gasteiger partial charge on any atom is -0.356 e. The standard InChI is InChI=1S/C11H8BrN3O3/c12-7-5-9(13-6-7)11(16)14-8-3-1-2-4-10(8)15(17)18/h1-6,13H,(H,14,16). The number of hydrogen-bond acceptors (Lipinski definition) is 3. The lowest BCUT2D eigenvalue weighted by molar-refractivity contribution is -0.383. The number of H-pyrrole nitrogens is 1. The molecular weight excluding hydrogens is 302 g/mol. The highest BCUT2D eigenvalue weighted by Gasteiger charge is 2.16. The number of halogens is 1. The summed E-state index contributed by atoms with van der Waals surface area (Å²) in [6.07, 6.45) is 1.61. The molecule has 1 aromatic heterocycles.